The molecule has 0 fully saturated rings. The second-order valence-corrected chi connectivity index (χ2v) is 13.7. The van der Waals surface area contributed by atoms with E-state index in [2.05, 4.69) is 5.32 Å². The molecule has 1 aromatic heterocycles. The Kier molecular flexibility index (Phi) is 14.4. The molecular weight excluding hydrogens is 721 g/mol. The number of hydrogen-bond acceptors (Lipinski definition) is 6. The molecule has 294 valence electrons. The van der Waals surface area contributed by atoms with Gasteiger partial charge in [-0.3, -0.25) is 14.9 Å². The predicted molar refractivity (Wildman–Crippen MR) is 180 cm³/mol. The Morgan fingerprint density at radius 3 is 2.11 bits per heavy atom. The molecule has 2 N–H and O–H groups in total. The highest BCUT2D eigenvalue weighted by Crippen LogP contribution is 2.42. The second kappa shape index (κ2) is 17.5. The van der Waals surface area contributed by atoms with Gasteiger partial charge in [0.25, 0.3) is 5.56 Å². The van der Waals surface area contributed by atoms with E-state index < -0.39 is 93.9 Å². The molecule has 1 heterocycles. The molecule has 0 bridgehead atoms. The zero-order valence-corrected chi connectivity index (χ0v) is 30.4. The van der Waals surface area contributed by atoms with Crippen molar-refractivity contribution in [2.24, 2.45) is 5.92 Å². The number of rotatable bonds is 15. The molecular formula is C37H44F9N3O4. The monoisotopic (exact) mass is 765 g/mol. The minimum atomic E-state index is -5.44. The van der Waals surface area contributed by atoms with Gasteiger partial charge in [0.05, 0.1) is 36.2 Å². The highest BCUT2D eigenvalue weighted by Gasteiger charge is 2.41. The fraction of sp³-hybridized carbons (Fsp3) is 0.514. The lowest BCUT2D eigenvalue weighted by Crippen LogP contribution is -2.44. The quantitative estimate of drug-likeness (QED) is 0.0922. The minimum Gasteiger partial charge on any atom is -0.466 e. The van der Waals surface area contributed by atoms with Gasteiger partial charge < -0.3 is 19.3 Å². The molecule has 53 heavy (non-hydrogen) atoms. The van der Waals surface area contributed by atoms with Crippen molar-refractivity contribution in [3.05, 3.63) is 91.6 Å². The number of alkyl halides is 6. The lowest BCUT2D eigenvalue weighted by molar-refractivity contribution is -0.144. The van der Waals surface area contributed by atoms with Gasteiger partial charge in [0.2, 0.25) is 0 Å². The van der Waals surface area contributed by atoms with Gasteiger partial charge in [0.15, 0.2) is 0 Å². The van der Waals surface area contributed by atoms with E-state index in [1.165, 1.54) is 26.8 Å². The van der Waals surface area contributed by atoms with Gasteiger partial charge in [-0.15, -0.1) is 0 Å². The van der Waals surface area contributed by atoms with Gasteiger partial charge in [-0.2, -0.15) is 26.3 Å². The molecule has 0 amide bonds. The number of carbonyl (C=O) groups excluding carboxylic acids is 1. The fourth-order valence-corrected chi connectivity index (χ4v) is 6.33. The molecule has 0 aliphatic rings. The van der Waals surface area contributed by atoms with Gasteiger partial charge in [-0.05, 0) is 95.4 Å². The Labute approximate surface area is 301 Å². The van der Waals surface area contributed by atoms with Crippen LogP contribution in [0.1, 0.15) is 85.5 Å². The highest BCUT2D eigenvalue weighted by molar-refractivity contribution is 5.73. The SMILES string of the molecule is CCOC(=O)C[C@H](NC(O)C(CC(C)C)n1cc(CCCN(C)C)c(C(F)(F)F)cc1=O)c1c(F)c(-c2c(C)cc(C)cc2F)cc(C(F)(F)F)c1F. The maximum Gasteiger partial charge on any atom is 0.419 e. The molecule has 3 rings (SSSR count). The van der Waals surface area contributed by atoms with Crippen LogP contribution in [-0.4, -0.2) is 54.0 Å². The Morgan fingerprint density at radius 1 is 0.962 bits per heavy atom. The topological polar surface area (TPSA) is 83.8 Å². The summed E-state index contributed by atoms with van der Waals surface area (Å²) < 4.78 is 139. The summed E-state index contributed by atoms with van der Waals surface area (Å²) in [5.41, 5.74) is -7.24. The van der Waals surface area contributed by atoms with Crippen LogP contribution in [0.25, 0.3) is 11.1 Å². The molecule has 3 atom stereocenters. The largest absolute Gasteiger partial charge is 0.466 e. The third-order valence-corrected chi connectivity index (χ3v) is 8.59. The van der Waals surface area contributed by atoms with E-state index in [-0.39, 0.29) is 49.0 Å². The Bertz CT molecular complexity index is 1800. The van der Waals surface area contributed by atoms with Gasteiger partial charge in [0.1, 0.15) is 23.7 Å². The van der Waals surface area contributed by atoms with E-state index >= 15 is 13.2 Å². The van der Waals surface area contributed by atoms with Crippen LogP contribution in [0, 0.1) is 37.2 Å². The Hall–Kier alpha value is -3.89. The number of nitrogens with zero attached hydrogens (tertiary/aromatic N) is 2. The number of esters is 1. The third-order valence-electron chi connectivity index (χ3n) is 8.59. The average molecular weight is 766 g/mol. The number of carbonyl (C=O) groups is 1. The summed E-state index contributed by atoms with van der Waals surface area (Å²) in [4.78, 5) is 27.8. The molecule has 0 aliphatic heterocycles. The van der Waals surface area contributed by atoms with E-state index in [0.29, 0.717) is 18.2 Å². The van der Waals surface area contributed by atoms with Crippen LogP contribution in [0.3, 0.4) is 0 Å². The third kappa shape index (κ3) is 10.8. The van der Waals surface area contributed by atoms with Crippen LogP contribution in [-0.2, 0) is 28.3 Å². The maximum absolute atomic E-state index is 16.6. The number of aromatic nitrogens is 1. The number of nitrogens with one attached hydrogen (secondary N) is 1. The summed E-state index contributed by atoms with van der Waals surface area (Å²) >= 11 is 0. The first-order chi connectivity index (χ1) is 24.5. The minimum absolute atomic E-state index is 0.0158. The van der Waals surface area contributed by atoms with Crippen molar-refractivity contribution >= 4 is 5.97 Å². The first-order valence-electron chi connectivity index (χ1n) is 16.9. The summed E-state index contributed by atoms with van der Waals surface area (Å²) in [5, 5.41) is 14.0. The smallest absolute Gasteiger partial charge is 0.419 e. The molecule has 7 nitrogen and oxygen atoms in total. The lowest BCUT2D eigenvalue weighted by atomic mass is 9.90. The molecule has 2 aromatic carbocycles. The Balaban J connectivity index is 2.30. The van der Waals surface area contributed by atoms with Crippen molar-refractivity contribution in [1.29, 1.82) is 0 Å². The van der Waals surface area contributed by atoms with Gasteiger partial charge in [-0.1, -0.05) is 19.9 Å². The number of benzene rings is 2. The summed E-state index contributed by atoms with van der Waals surface area (Å²) in [6, 6.07) is -0.775. The number of ether oxygens (including phenoxy) is 1. The Morgan fingerprint density at radius 2 is 1.58 bits per heavy atom. The zero-order chi connectivity index (χ0) is 40.2. The first kappa shape index (κ1) is 43.5. The molecule has 2 unspecified atom stereocenters. The second-order valence-electron chi connectivity index (χ2n) is 13.7. The van der Waals surface area contributed by atoms with Crippen LogP contribution < -0.4 is 10.9 Å². The molecule has 0 radical (unpaired) electrons. The molecule has 0 spiro atoms. The summed E-state index contributed by atoms with van der Waals surface area (Å²) in [6.07, 6.45) is -12.6. The number of aryl methyl sites for hydroxylation is 3. The van der Waals surface area contributed by atoms with Crippen LogP contribution >= 0.6 is 0 Å². The number of aliphatic hydroxyl groups is 1. The molecule has 0 saturated heterocycles. The van der Waals surface area contributed by atoms with Crippen LogP contribution in [0.2, 0.25) is 0 Å². The van der Waals surface area contributed by atoms with Crippen molar-refractivity contribution in [2.45, 2.75) is 91.0 Å². The van der Waals surface area contributed by atoms with Gasteiger partial charge >= 0.3 is 18.3 Å². The van der Waals surface area contributed by atoms with E-state index in [1.807, 2.05) is 0 Å². The van der Waals surface area contributed by atoms with Crippen molar-refractivity contribution < 1.29 is 54.2 Å². The van der Waals surface area contributed by atoms with E-state index in [1.54, 1.807) is 32.8 Å². The molecule has 3 aromatic rings. The standard InChI is InChI=1S/C37H44F9N3O4/c1-8-53-30(51)17-27(32-33(39)23(15-25(34(32)40)37(44,45)46)31-21(5)13-20(4)14-26(31)38)47-35(52)28(12-19(2)3)49-18-22(10-9-11-48(6)7)24(16-29(49)50)36(41,42)43/h13-16,18-19,27-28,35,47,52H,8-12,17H2,1-7H3/t27-,28?,35?/m0/s1. The van der Waals surface area contributed by atoms with Crippen LogP contribution in [0.4, 0.5) is 39.5 Å². The molecule has 16 heteroatoms. The van der Waals surface area contributed by atoms with Crippen LogP contribution in [0.5, 0.6) is 0 Å². The van der Waals surface area contributed by atoms with Crippen LogP contribution in [0.15, 0.2) is 35.3 Å². The number of aliphatic hydroxyl groups excluding tert-OH is 1. The summed E-state index contributed by atoms with van der Waals surface area (Å²) in [6.45, 7) is 7.66. The maximum atomic E-state index is 16.6. The highest BCUT2D eigenvalue weighted by atomic mass is 19.4. The van der Waals surface area contributed by atoms with Gasteiger partial charge in [0, 0.05) is 29.0 Å². The zero-order valence-electron chi connectivity index (χ0n) is 30.4. The number of hydrogen-bond donors (Lipinski definition) is 2. The normalized spacial score (nSPS) is 14.2. The van der Waals surface area contributed by atoms with E-state index in [9.17, 15) is 41.0 Å². The molecule has 0 aliphatic carbocycles. The molecule has 0 saturated carbocycles. The fourth-order valence-electron chi connectivity index (χ4n) is 6.33. The van der Waals surface area contributed by atoms with Crippen molar-refractivity contribution in [1.82, 2.24) is 14.8 Å². The van der Waals surface area contributed by atoms with Gasteiger partial charge in [-0.25, -0.2) is 13.2 Å². The van der Waals surface area contributed by atoms with Crippen molar-refractivity contribution in [3.63, 3.8) is 0 Å². The summed E-state index contributed by atoms with van der Waals surface area (Å²) in [5.74, 6) is -6.46. The van der Waals surface area contributed by atoms with E-state index in [4.69, 9.17) is 4.74 Å². The summed E-state index contributed by atoms with van der Waals surface area (Å²) in [7, 11) is 3.44. The lowest BCUT2D eigenvalue weighted by Gasteiger charge is -2.32. The van der Waals surface area contributed by atoms with Crippen molar-refractivity contribution in [3.8, 4) is 11.1 Å². The van der Waals surface area contributed by atoms with Crippen molar-refractivity contribution in [2.75, 3.05) is 27.2 Å². The van der Waals surface area contributed by atoms with E-state index in [0.717, 1.165) is 16.8 Å². The average Bonchev–Trinajstić information content (AvgIpc) is 2.99. The predicted octanol–water partition coefficient (Wildman–Crippen LogP) is 8.27. The first-order valence-corrected chi connectivity index (χ1v) is 16.9. The number of halogens is 9. The number of pyridine rings is 1.